The van der Waals surface area contributed by atoms with Crippen LogP contribution in [0.2, 0.25) is 0 Å². The molecule has 0 aliphatic carbocycles. The third-order valence-electron chi connectivity index (χ3n) is 3.68. The number of rotatable bonds is 2. The van der Waals surface area contributed by atoms with Crippen molar-refractivity contribution in [3.63, 3.8) is 0 Å². The van der Waals surface area contributed by atoms with Crippen molar-refractivity contribution in [3.8, 4) is 0 Å². The van der Waals surface area contributed by atoms with Crippen LogP contribution < -0.4 is 0 Å². The van der Waals surface area contributed by atoms with E-state index in [1.54, 1.807) is 28.6 Å². The SMILES string of the molecule is CC1(C)CCCN(S(=O)(=O)c2ccccc2)CC1. The largest absolute Gasteiger partial charge is 0.243 e. The van der Waals surface area contributed by atoms with Crippen LogP contribution in [0.4, 0.5) is 0 Å². The van der Waals surface area contributed by atoms with Crippen LogP contribution in [0.15, 0.2) is 35.2 Å². The van der Waals surface area contributed by atoms with Gasteiger partial charge in [-0.05, 0) is 36.8 Å². The van der Waals surface area contributed by atoms with Gasteiger partial charge in [0.05, 0.1) is 4.90 Å². The first kappa shape index (κ1) is 13.6. The molecule has 18 heavy (non-hydrogen) atoms. The lowest BCUT2D eigenvalue weighted by molar-refractivity contribution is 0.315. The van der Waals surface area contributed by atoms with Gasteiger partial charge < -0.3 is 0 Å². The van der Waals surface area contributed by atoms with Gasteiger partial charge in [0.2, 0.25) is 10.0 Å². The van der Waals surface area contributed by atoms with E-state index in [0.717, 1.165) is 19.3 Å². The molecule has 1 aliphatic heterocycles. The summed E-state index contributed by atoms with van der Waals surface area (Å²) in [7, 11) is -3.30. The molecule has 3 nitrogen and oxygen atoms in total. The molecule has 1 aliphatic rings. The van der Waals surface area contributed by atoms with E-state index < -0.39 is 10.0 Å². The van der Waals surface area contributed by atoms with Gasteiger partial charge in [0.1, 0.15) is 0 Å². The molecule has 1 aromatic rings. The molecule has 2 rings (SSSR count). The van der Waals surface area contributed by atoms with Gasteiger partial charge in [-0.25, -0.2) is 8.42 Å². The number of benzene rings is 1. The molecule has 1 heterocycles. The van der Waals surface area contributed by atoms with Crippen molar-refractivity contribution in [2.24, 2.45) is 5.41 Å². The van der Waals surface area contributed by atoms with Crippen LogP contribution in [-0.4, -0.2) is 25.8 Å². The zero-order valence-corrected chi connectivity index (χ0v) is 11.9. The molecule has 1 saturated heterocycles. The molecule has 4 heteroatoms. The Labute approximate surface area is 110 Å². The van der Waals surface area contributed by atoms with E-state index in [4.69, 9.17) is 0 Å². The first-order chi connectivity index (χ1) is 8.42. The van der Waals surface area contributed by atoms with Crippen LogP contribution >= 0.6 is 0 Å². The van der Waals surface area contributed by atoms with E-state index in [1.165, 1.54) is 0 Å². The van der Waals surface area contributed by atoms with E-state index >= 15 is 0 Å². The normalized spacial score (nSPS) is 21.4. The monoisotopic (exact) mass is 267 g/mol. The lowest BCUT2D eigenvalue weighted by Crippen LogP contribution is -2.32. The fourth-order valence-corrected chi connectivity index (χ4v) is 3.88. The summed E-state index contributed by atoms with van der Waals surface area (Å²) in [5.74, 6) is 0. The summed E-state index contributed by atoms with van der Waals surface area (Å²) < 4.78 is 26.6. The van der Waals surface area contributed by atoms with E-state index in [1.807, 2.05) is 6.07 Å². The maximum absolute atomic E-state index is 12.5. The maximum Gasteiger partial charge on any atom is 0.243 e. The molecule has 0 atom stereocenters. The van der Waals surface area contributed by atoms with Crippen LogP contribution in [0.5, 0.6) is 0 Å². The van der Waals surface area contributed by atoms with E-state index in [9.17, 15) is 8.42 Å². The third kappa shape index (κ3) is 2.93. The van der Waals surface area contributed by atoms with Gasteiger partial charge in [0.15, 0.2) is 0 Å². The summed E-state index contributed by atoms with van der Waals surface area (Å²) in [6, 6.07) is 8.73. The molecule has 0 N–H and O–H groups in total. The highest BCUT2D eigenvalue weighted by Gasteiger charge is 2.30. The molecule has 0 bridgehead atoms. The van der Waals surface area contributed by atoms with Crippen molar-refractivity contribution in [2.45, 2.75) is 38.0 Å². The van der Waals surface area contributed by atoms with Crippen molar-refractivity contribution in [1.29, 1.82) is 0 Å². The first-order valence-corrected chi connectivity index (χ1v) is 7.91. The Balaban J connectivity index is 2.21. The Hall–Kier alpha value is -0.870. The predicted molar refractivity (Wildman–Crippen MR) is 72.8 cm³/mol. The summed E-state index contributed by atoms with van der Waals surface area (Å²) in [5.41, 5.74) is 0.251. The highest BCUT2D eigenvalue weighted by atomic mass is 32.2. The number of nitrogens with zero attached hydrogens (tertiary/aromatic N) is 1. The fraction of sp³-hybridized carbons (Fsp3) is 0.571. The number of hydrogen-bond donors (Lipinski definition) is 0. The topological polar surface area (TPSA) is 37.4 Å². The molecule has 0 saturated carbocycles. The van der Waals surface area contributed by atoms with Crippen molar-refractivity contribution in [1.82, 2.24) is 4.31 Å². The molecule has 0 radical (unpaired) electrons. The molecule has 0 amide bonds. The molecule has 0 unspecified atom stereocenters. The van der Waals surface area contributed by atoms with Crippen molar-refractivity contribution < 1.29 is 8.42 Å². The van der Waals surface area contributed by atoms with Gasteiger partial charge in [0, 0.05) is 13.1 Å². The van der Waals surface area contributed by atoms with E-state index in [0.29, 0.717) is 18.0 Å². The molecule has 1 aromatic carbocycles. The van der Waals surface area contributed by atoms with Crippen LogP contribution in [0.3, 0.4) is 0 Å². The lowest BCUT2D eigenvalue weighted by Gasteiger charge is -2.23. The molecule has 0 aromatic heterocycles. The van der Waals surface area contributed by atoms with Crippen LogP contribution in [0.25, 0.3) is 0 Å². The lowest BCUT2D eigenvalue weighted by atomic mass is 9.85. The Kier molecular flexibility index (Phi) is 3.78. The summed E-state index contributed by atoms with van der Waals surface area (Å²) in [6.45, 7) is 5.70. The second-order valence-electron chi connectivity index (χ2n) is 5.73. The molecular formula is C14H21NO2S. The smallest absolute Gasteiger partial charge is 0.207 e. The second kappa shape index (κ2) is 5.02. The van der Waals surface area contributed by atoms with E-state index in [-0.39, 0.29) is 5.41 Å². The summed E-state index contributed by atoms with van der Waals surface area (Å²) >= 11 is 0. The van der Waals surface area contributed by atoms with Crippen molar-refractivity contribution in [3.05, 3.63) is 30.3 Å². The first-order valence-electron chi connectivity index (χ1n) is 6.47. The summed E-state index contributed by atoms with van der Waals surface area (Å²) in [5, 5.41) is 0. The minimum atomic E-state index is -3.30. The number of sulfonamides is 1. The van der Waals surface area contributed by atoms with E-state index in [2.05, 4.69) is 13.8 Å². The van der Waals surface area contributed by atoms with Crippen LogP contribution in [-0.2, 0) is 10.0 Å². The van der Waals surface area contributed by atoms with Gasteiger partial charge in [-0.2, -0.15) is 4.31 Å². The van der Waals surface area contributed by atoms with Crippen LogP contribution in [0, 0.1) is 5.41 Å². The molecular weight excluding hydrogens is 246 g/mol. The average molecular weight is 267 g/mol. The van der Waals surface area contributed by atoms with Crippen LogP contribution in [0.1, 0.15) is 33.1 Å². The Morgan fingerprint density at radius 2 is 1.72 bits per heavy atom. The highest BCUT2D eigenvalue weighted by Crippen LogP contribution is 2.31. The van der Waals surface area contributed by atoms with Gasteiger partial charge >= 0.3 is 0 Å². The van der Waals surface area contributed by atoms with Gasteiger partial charge in [-0.3, -0.25) is 0 Å². The third-order valence-corrected chi connectivity index (χ3v) is 5.59. The van der Waals surface area contributed by atoms with Crippen molar-refractivity contribution in [2.75, 3.05) is 13.1 Å². The minimum absolute atomic E-state index is 0.251. The molecule has 0 spiro atoms. The zero-order valence-electron chi connectivity index (χ0n) is 11.1. The zero-order chi connectivity index (χ0) is 13.2. The van der Waals surface area contributed by atoms with Gasteiger partial charge in [-0.15, -0.1) is 0 Å². The minimum Gasteiger partial charge on any atom is -0.207 e. The second-order valence-corrected chi connectivity index (χ2v) is 7.67. The molecule has 100 valence electrons. The quantitative estimate of drug-likeness (QED) is 0.826. The number of hydrogen-bond acceptors (Lipinski definition) is 2. The summed E-state index contributed by atoms with van der Waals surface area (Å²) in [6.07, 6.45) is 2.96. The van der Waals surface area contributed by atoms with Crippen molar-refractivity contribution >= 4 is 10.0 Å². The maximum atomic E-state index is 12.5. The fourth-order valence-electron chi connectivity index (χ4n) is 2.38. The summed E-state index contributed by atoms with van der Waals surface area (Å²) in [4.78, 5) is 0.407. The Morgan fingerprint density at radius 3 is 2.39 bits per heavy atom. The Bertz CT molecular complexity index is 494. The van der Waals surface area contributed by atoms with Gasteiger partial charge in [-0.1, -0.05) is 32.0 Å². The highest BCUT2D eigenvalue weighted by molar-refractivity contribution is 7.89. The predicted octanol–water partition coefficient (Wildman–Crippen LogP) is 2.89. The molecule has 1 fully saturated rings. The standard InChI is InChI=1S/C14H21NO2S/c1-14(2)9-6-11-15(12-10-14)18(16,17)13-7-4-3-5-8-13/h3-5,7-8H,6,9-12H2,1-2H3. The average Bonchev–Trinajstić information content (AvgIpc) is 2.52. The Morgan fingerprint density at radius 1 is 1.06 bits per heavy atom. The van der Waals surface area contributed by atoms with Gasteiger partial charge in [0.25, 0.3) is 0 Å².